The molecule has 21 nitrogen and oxygen atoms in total. The van der Waals surface area contributed by atoms with Crippen molar-refractivity contribution in [1.82, 2.24) is 9.55 Å². The molecule has 1 aromatic rings. The number of phosphoric acid groups is 2. The number of hydrogen-bond acceptors (Lipinski definition) is 18. The molecule has 3 rings (SSSR count). The third kappa shape index (κ3) is 22.0. The second-order valence-electron chi connectivity index (χ2n) is 18.0. The summed E-state index contributed by atoms with van der Waals surface area (Å²) in [5.74, 6) is -4.32. The third-order valence-corrected chi connectivity index (χ3v) is 14.9. The van der Waals surface area contributed by atoms with Gasteiger partial charge in [0.25, 0.3) is 0 Å². The maximum atomic E-state index is 13.9. The molecule has 0 saturated carbocycles. The van der Waals surface area contributed by atoms with Crippen molar-refractivity contribution < 1.29 is 81.3 Å². The Morgan fingerprint density at radius 2 is 1.59 bits per heavy atom. The number of aromatic nitrogens is 2. The first-order valence-corrected chi connectivity index (χ1v) is 27.2. The van der Waals surface area contributed by atoms with E-state index in [1.54, 1.807) is 0 Å². The number of aliphatic hydroxyl groups excluding tert-OH is 4. The monoisotopic (exact) mass is 1010 g/mol. The number of carbonyl (C=O) groups excluding carboxylic acids is 3. The van der Waals surface area contributed by atoms with Crippen LogP contribution in [0.1, 0.15) is 155 Å². The van der Waals surface area contributed by atoms with Crippen molar-refractivity contribution in [3.63, 3.8) is 0 Å². The lowest BCUT2D eigenvalue weighted by molar-refractivity contribution is -0.188. The summed E-state index contributed by atoms with van der Waals surface area (Å²) < 4.78 is 58.8. The normalized spacial score (nSPS) is 30.9. The zero-order valence-corrected chi connectivity index (χ0v) is 41.6. The molecule has 390 valence electrons. The van der Waals surface area contributed by atoms with Gasteiger partial charge in [0.05, 0.1) is 37.4 Å². The number of esters is 2. The molecule has 2 bridgehead atoms. The highest BCUT2D eigenvalue weighted by molar-refractivity contribution is 7.61. The van der Waals surface area contributed by atoms with Crippen molar-refractivity contribution in [2.75, 3.05) is 25.6 Å². The Balaban J connectivity index is 1.88. The molecule has 2 saturated heterocycles. The lowest BCUT2D eigenvalue weighted by Gasteiger charge is -2.39. The minimum absolute atomic E-state index is 0.0573. The molecule has 23 heteroatoms. The number of carbonyl (C=O) groups is 3. The van der Waals surface area contributed by atoms with Crippen LogP contribution < -0.4 is 11.4 Å². The molecule has 0 radical (unpaired) electrons. The van der Waals surface area contributed by atoms with Crippen LogP contribution in [0.15, 0.2) is 29.2 Å². The lowest BCUT2D eigenvalue weighted by atomic mass is 9.83. The molecule has 2 fully saturated rings. The topological polar surface area (TPSA) is 323 Å². The average Bonchev–Trinajstić information content (AvgIpc) is 3.27. The van der Waals surface area contributed by atoms with Crippen LogP contribution in [-0.2, 0) is 51.1 Å². The van der Waals surface area contributed by atoms with Crippen LogP contribution in [-0.4, -0.2) is 114 Å². The van der Waals surface area contributed by atoms with Crippen LogP contribution in [0.5, 0.6) is 0 Å². The molecule has 2 aliphatic heterocycles. The maximum absolute atomic E-state index is 13.9. The molecule has 0 spiro atoms. The Labute approximate surface area is 399 Å². The molecule has 0 aromatic carbocycles. The van der Waals surface area contributed by atoms with Crippen LogP contribution >= 0.6 is 15.6 Å². The van der Waals surface area contributed by atoms with Gasteiger partial charge in [-0.15, -0.1) is 0 Å². The molecule has 68 heavy (non-hydrogen) atoms. The van der Waals surface area contributed by atoms with Gasteiger partial charge < -0.3 is 50.2 Å². The van der Waals surface area contributed by atoms with Gasteiger partial charge in [0.15, 0.2) is 6.10 Å². The number of anilines is 1. The van der Waals surface area contributed by atoms with Gasteiger partial charge in [0, 0.05) is 31.4 Å². The quantitative estimate of drug-likeness (QED) is 0.0377. The van der Waals surface area contributed by atoms with Gasteiger partial charge in [-0.3, -0.25) is 28.0 Å². The summed E-state index contributed by atoms with van der Waals surface area (Å²) in [6.45, 7) is 3.70. The average molecular weight is 1010 g/mol. The molecule has 3 heterocycles. The van der Waals surface area contributed by atoms with E-state index >= 15 is 0 Å². The van der Waals surface area contributed by atoms with Gasteiger partial charge in [0.2, 0.25) is 0 Å². The molecule has 12 atom stereocenters. The van der Waals surface area contributed by atoms with E-state index in [1.165, 1.54) is 30.8 Å². The number of aliphatic hydroxyl groups is 4. The van der Waals surface area contributed by atoms with Crippen molar-refractivity contribution in [3.05, 3.63) is 34.9 Å². The Hall–Kier alpha value is -2.91. The minimum atomic E-state index is -5.70. The smallest absolute Gasteiger partial charge is 0.462 e. The van der Waals surface area contributed by atoms with Gasteiger partial charge >= 0.3 is 33.3 Å². The largest absolute Gasteiger partial charge is 0.481 e. The van der Waals surface area contributed by atoms with E-state index < -0.39 is 120 Å². The summed E-state index contributed by atoms with van der Waals surface area (Å²) in [6, 6.07) is 1.24. The second kappa shape index (κ2) is 30.7. The molecular formula is C45H77N3O18P2. The van der Waals surface area contributed by atoms with E-state index in [2.05, 4.69) is 23.1 Å². The fourth-order valence-corrected chi connectivity index (χ4v) is 10.1. The van der Waals surface area contributed by atoms with Gasteiger partial charge in [-0.25, -0.2) is 13.9 Å². The number of hydrogen-bond donors (Lipinski definition) is 7. The number of ether oxygens (including phenoxy) is 3. The fourth-order valence-electron chi connectivity index (χ4n) is 8.02. The van der Waals surface area contributed by atoms with E-state index in [0.717, 1.165) is 55.9 Å². The highest BCUT2D eigenvalue weighted by Crippen LogP contribution is 2.60. The van der Waals surface area contributed by atoms with Crippen molar-refractivity contribution in [2.24, 2.45) is 17.8 Å². The SMILES string of the molecule is CCCCC[C@H](O)/C=C\[C@H]1C(=O)C[C@H](O)[C@@H]2CCCCCCC(=O)O[C@H](COC(=O)CCCCCCCCC(C)CC)COP(=O)(O)OP(=O)(O)OC[C@@H](O[C@H]2n2ccc(N)nc2=O)[C@@H](O)[C@H]1O. The van der Waals surface area contributed by atoms with E-state index in [0.29, 0.717) is 44.4 Å². The first-order valence-electron chi connectivity index (χ1n) is 24.2. The Morgan fingerprint density at radius 3 is 2.28 bits per heavy atom. The van der Waals surface area contributed by atoms with E-state index in [9.17, 15) is 58.5 Å². The van der Waals surface area contributed by atoms with E-state index in [-0.39, 0.29) is 31.5 Å². The van der Waals surface area contributed by atoms with E-state index in [1.807, 2.05) is 6.92 Å². The highest BCUT2D eigenvalue weighted by Gasteiger charge is 2.45. The second-order valence-corrected chi connectivity index (χ2v) is 21.0. The van der Waals surface area contributed by atoms with Gasteiger partial charge in [-0.2, -0.15) is 9.29 Å². The maximum Gasteiger partial charge on any atom is 0.481 e. The standard InChI is InChI=1S/C45H77N3O18P2/c1-4-6-13-19-32(49)23-24-34-36(50)27-37(51)35-20-15-11-12-17-22-41(53)64-33(28-61-40(52)21-16-10-8-7-9-14-18-31(3)5-2)29-62-67(57,58)66-68(59,60)63-30-38(43(55)42(34)54)65-44(35)48-26-25-39(46)47-45(48)56/h23-26,31-35,37-38,42-44,49,51,54-55H,4-22,27-30H2,1-3H3,(H,57,58)(H,59,60)(H2,46,47,56)/b24-23-/t31?,32-,33+,34-,35-,37-,38+,42-,43+,44+/m0/s1. The van der Waals surface area contributed by atoms with Gasteiger partial charge in [-0.1, -0.05) is 116 Å². The van der Waals surface area contributed by atoms with Crippen molar-refractivity contribution >= 4 is 39.2 Å². The van der Waals surface area contributed by atoms with Crippen LogP contribution in [0, 0.1) is 17.8 Å². The van der Waals surface area contributed by atoms with Crippen LogP contribution in [0.25, 0.3) is 0 Å². The van der Waals surface area contributed by atoms with Crippen LogP contribution in [0.3, 0.4) is 0 Å². The number of nitrogens with zero attached hydrogens (tertiary/aromatic N) is 2. The number of rotatable bonds is 19. The Bertz CT molecular complexity index is 1870. The summed E-state index contributed by atoms with van der Waals surface area (Å²) in [7, 11) is -11.3. The summed E-state index contributed by atoms with van der Waals surface area (Å²) in [4.78, 5) is 77.8. The predicted molar refractivity (Wildman–Crippen MR) is 248 cm³/mol. The molecule has 2 aliphatic rings. The third-order valence-electron chi connectivity index (χ3n) is 12.3. The lowest BCUT2D eigenvalue weighted by Crippen LogP contribution is -2.51. The summed E-state index contributed by atoms with van der Waals surface area (Å²) in [6.07, 6.45) is 3.44. The minimum Gasteiger partial charge on any atom is -0.462 e. The van der Waals surface area contributed by atoms with Crippen molar-refractivity contribution in [1.29, 1.82) is 0 Å². The molecular weight excluding hydrogens is 932 g/mol. The molecule has 0 aliphatic carbocycles. The number of fused-ring (bicyclic) bond motifs is 3. The summed E-state index contributed by atoms with van der Waals surface area (Å²) in [5.41, 5.74) is 4.77. The number of nitrogen functional groups attached to an aromatic ring is 1. The molecule has 1 aromatic heterocycles. The first-order chi connectivity index (χ1) is 32.3. The summed E-state index contributed by atoms with van der Waals surface area (Å²) >= 11 is 0. The number of unbranched alkanes of at least 4 members (excludes halogenated alkanes) is 7. The highest BCUT2D eigenvalue weighted by atomic mass is 31.3. The van der Waals surface area contributed by atoms with Gasteiger partial charge in [0.1, 0.15) is 36.6 Å². The number of cyclic esters (lactones) is 1. The van der Waals surface area contributed by atoms with E-state index in [4.69, 9.17) is 29.0 Å². The summed E-state index contributed by atoms with van der Waals surface area (Å²) in [5, 5.41) is 45.6. The van der Waals surface area contributed by atoms with Crippen molar-refractivity contribution in [3.8, 4) is 0 Å². The first kappa shape index (κ1) is 59.4. The number of phosphoric ester groups is 2. The number of ketones is 1. The molecule has 8 N–H and O–H groups in total. The van der Waals surface area contributed by atoms with Crippen LogP contribution in [0.4, 0.5) is 5.82 Å². The molecule has 3 unspecified atom stereocenters. The zero-order chi connectivity index (χ0) is 50.3. The number of Topliss-reactive ketones (excluding diaryl/α,β-unsaturated/α-hetero) is 1. The van der Waals surface area contributed by atoms with Gasteiger partial charge in [-0.05, 0) is 37.7 Å². The molecule has 0 amide bonds. The Morgan fingerprint density at radius 1 is 0.926 bits per heavy atom. The van der Waals surface area contributed by atoms with Crippen molar-refractivity contribution in [2.45, 2.75) is 192 Å². The fraction of sp³-hybridized carbons (Fsp3) is 0.800. The van der Waals surface area contributed by atoms with Crippen LogP contribution in [0.2, 0.25) is 0 Å². The predicted octanol–water partition coefficient (Wildman–Crippen LogP) is 5.72. The number of nitrogens with two attached hydrogens (primary N) is 1. The Kier molecular flexibility index (Phi) is 26.9. The zero-order valence-electron chi connectivity index (χ0n) is 39.8.